The molecule has 0 saturated heterocycles. The number of aromatic nitrogens is 1. The highest BCUT2D eigenvalue weighted by molar-refractivity contribution is 8.06. The van der Waals surface area contributed by atoms with Crippen LogP contribution in [0.4, 0.5) is 4.79 Å². The molecule has 3 rings (SSSR count). The van der Waals surface area contributed by atoms with Gasteiger partial charge >= 0.3 is 6.03 Å². The first-order valence-corrected chi connectivity index (χ1v) is 7.40. The molecule has 0 saturated carbocycles. The van der Waals surface area contributed by atoms with Gasteiger partial charge in [0.15, 0.2) is 0 Å². The maximum absolute atomic E-state index is 9.96. The molecule has 2 heterocycles. The summed E-state index contributed by atoms with van der Waals surface area (Å²) < 4.78 is 0. The van der Waals surface area contributed by atoms with Crippen molar-refractivity contribution in [2.75, 3.05) is 14.1 Å². The minimum atomic E-state index is -0.157. The van der Waals surface area contributed by atoms with E-state index in [1.807, 2.05) is 12.3 Å². The van der Waals surface area contributed by atoms with Gasteiger partial charge in [0.2, 0.25) is 0 Å². The zero-order valence-corrected chi connectivity index (χ0v) is 12.8. The van der Waals surface area contributed by atoms with E-state index in [0.29, 0.717) is 0 Å². The molecule has 2 amide bonds. The Morgan fingerprint density at radius 1 is 1.10 bits per heavy atom. The predicted molar refractivity (Wildman–Crippen MR) is 87.3 cm³/mol. The lowest BCUT2D eigenvalue weighted by atomic mass is 10.2. The van der Waals surface area contributed by atoms with E-state index in [2.05, 4.69) is 57.4 Å². The fourth-order valence-electron chi connectivity index (χ4n) is 1.77. The second kappa shape index (κ2) is 7.50. The molecule has 0 spiro atoms. The van der Waals surface area contributed by atoms with Crippen molar-refractivity contribution in [1.82, 2.24) is 15.6 Å². The summed E-state index contributed by atoms with van der Waals surface area (Å²) >= 11 is 1.73. The number of hydrogen-bond acceptors (Lipinski definition) is 3. The first kappa shape index (κ1) is 15.1. The van der Waals surface area contributed by atoms with Crippen molar-refractivity contribution < 1.29 is 4.79 Å². The molecule has 0 atom stereocenters. The molecule has 1 aromatic heterocycles. The Bertz CT molecular complexity index is 737. The van der Waals surface area contributed by atoms with Crippen molar-refractivity contribution in [2.24, 2.45) is 0 Å². The fourth-order valence-corrected chi connectivity index (χ4v) is 2.63. The number of carbonyl (C=O) groups excluding carboxylic acids is 1. The molecule has 5 heteroatoms. The van der Waals surface area contributed by atoms with Crippen LogP contribution < -0.4 is 21.2 Å². The summed E-state index contributed by atoms with van der Waals surface area (Å²) in [6.45, 7) is 0. The molecule has 0 bridgehead atoms. The van der Waals surface area contributed by atoms with Gasteiger partial charge in [0.25, 0.3) is 0 Å². The molecule has 1 aliphatic heterocycles. The van der Waals surface area contributed by atoms with Crippen molar-refractivity contribution in [3.05, 3.63) is 58.7 Å². The van der Waals surface area contributed by atoms with Gasteiger partial charge in [0.05, 0.1) is 5.35 Å². The van der Waals surface area contributed by atoms with Gasteiger partial charge in [-0.2, -0.15) is 0 Å². The first-order chi connectivity index (χ1) is 10.2. The third-order valence-electron chi connectivity index (χ3n) is 2.85. The van der Waals surface area contributed by atoms with Crippen LogP contribution in [-0.2, 0) is 0 Å². The van der Waals surface area contributed by atoms with E-state index in [-0.39, 0.29) is 6.03 Å². The molecular formula is C16H17N3OS. The van der Waals surface area contributed by atoms with Gasteiger partial charge in [-0.15, -0.1) is 0 Å². The quantitative estimate of drug-likeness (QED) is 0.771. The van der Waals surface area contributed by atoms with Crippen LogP contribution in [0.1, 0.15) is 5.56 Å². The van der Waals surface area contributed by atoms with Crippen molar-refractivity contribution in [3.8, 4) is 0 Å². The van der Waals surface area contributed by atoms with Crippen molar-refractivity contribution >= 4 is 29.3 Å². The van der Waals surface area contributed by atoms with Gasteiger partial charge in [0.1, 0.15) is 0 Å². The minimum Gasteiger partial charge on any atom is -0.341 e. The van der Waals surface area contributed by atoms with Crippen molar-refractivity contribution in [3.63, 3.8) is 0 Å². The molecule has 4 nitrogen and oxygen atoms in total. The van der Waals surface area contributed by atoms with Crippen LogP contribution in [0.5, 0.6) is 0 Å². The van der Waals surface area contributed by atoms with Gasteiger partial charge in [-0.1, -0.05) is 36.0 Å². The van der Waals surface area contributed by atoms with Crippen molar-refractivity contribution in [2.45, 2.75) is 4.90 Å². The average Bonchev–Trinajstić information content (AvgIpc) is 2.73. The zero-order valence-electron chi connectivity index (χ0n) is 12.0. The van der Waals surface area contributed by atoms with Crippen LogP contribution >= 0.6 is 11.8 Å². The van der Waals surface area contributed by atoms with Gasteiger partial charge < -0.3 is 10.6 Å². The monoisotopic (exact) mass is 299 g/mol. The Kier molecular flexibility index (Phi) is 5.40. The van der Waals surface area contributed by atoms with E-state index < -0.39 is 0 Å². The van der Waals surface area contributed by atoms with Crippen LogP contribution in [-0.4, -0.2) is 25.1 Å². The SMILES string of the molecule is C1=c2cccnc2=CSc2ccccc21.CNC(=O)NC. The molecule has 2 aromatic rings. The highest BCUT2D eigenvalue weighted by Gasteiger charge is 2.01. The van der Waals surface area contributed by atoms with E-state index in [0.717, 1.165) is 5.35 Å². The van der Waals surface area contributed by atoms with Gasteiger partial charge in [-0.25, -0.2) is 4.79 Å². The summed E-state index contributed by atoms with van der Waals surface area (Å²) in [5, 5.41) is 9.08. The van der Waals surface area contributed by atoms with Gasteiger partial charge in [-0.05, 0) is 23.8 Å². The van der Waals surface area contributed by atoms with E-state index in [9.17, 15) is 4.79 Å². The zero-order chi connectivity index (χ0) is 15.1. The normalized spacial score (nSPS) is 11.1. The Balaban J connectivity index is 0.000000232. The molecule has 1 aromatic carbocycles. The molecule has 0 aliphatic carbocycles. The molecule has 0 radical (unpaired) electrons. The van der Waals surface area contributed by atoms with Crippen molar-refractivity contribution in [1.29, 1.82) is 0 Å². The minimum absolute atomic E-state index is 0.157. The number of nitrogens with zero attached hydrogens (tertiary/aromatic N) is 1. The number of benzene rings is 1. The molecule has 21 heavy (non-hydrogen) atoms. The maximum Gasteiger partial charge on any atom is 0.314 e. The van der Waals surface area contributed by atoms with Crippen LogP contribution in [0, 0.1) is 0 Å². The van der Waals surface area contributed by atoms with Crippen LogP contribution in [0.15, 0.2) is 47.5 Å². The largest absolute Gasteiger partial charge is 0.341 e. The van der Waals surface area contributed by atoms with E-state index in [1.165, 1.54) is 15.7 Å². The van der Waals surface area contributed by atoms with Gasteiger partial charge in [-0.3, -0.25) is 4.98 Å². The number of rotatable bonds is 0. The third-order valence-corrected chi connectivity index (χ3v) is 3.82. The highest BCUT2D eigenvalue weighted by atomic mass is 32.2. The lowest BCUT2D eigenvalue weighted by molar-refractivity contribution is 0.245. The van der Waals surface area contributed by atoms with E-state index in [4.69, 9.17) is 0 Å². The summed E-state index contributed by atoms with van der Waals surface area (Å²) in [7, 11) is 3.14. The predicted octanol–water partition coefficient (Wildman–Crippen LogP) is 1.30. The number of pyridine rings is 1. The topological polar surface area (TPSA) is 54.0 Å². The molecule has 0 unspecified atom stereocenters. The standard InChI is InChI=1S/C13H9NS.C3H8N2O/c1-2-6-13-11(4-1)8-10-5-3-7-14-12(10)9-15-13;1-4-3(6)5-2/h1-9H;1-2H3,(H2,4,5,6). The molecular weight excluding hydrogens is 282 g/mol. The second-order valence-electron chi connectivity index (χ2n) is 4.22. The summed E-state index contributed by atoms with van der Waals surface area (Å²) in [5.41, 5.74) is 1.27. The molecule has 2 N–H and O–H groups in total. The molecule has 1 aliphatic rings. The third kappa shape index (κ3) is 4.10. The van der Waals surface area contributed by atoms with Crippen LogP contribution in [0.3, 0.4) is 0 Å². The van der Waals surface area contributed by atoms with E-state index in [1.54, 1.807) is 25.9 Å². The fraction of sp³-hybridized carbons (Fsp3) is 0.125. The summed E-state index contributed by atoms with van der Waals surface area (Å²) in [6.07, 6.45) is 4.02. The van der Waals surface area contributed by atoms with Gasteiger partial charge in [0, 0.05) is 35.8 Å². The number of thioether (sulfide) groups is 1. The van der Waals surface area contributed by atoms with Crippen LogP contribution in [0.2, 0.25) is 0 Å². The Hall–Kier alpha value is -2.27. The smallest absolute Gasteiger partial charge is 0.314 e. The summed E-state index contributed by atoms with van der Waals surface area (Å²) in [5.74, 6) is 0. The van der Waals surface area contributed by atoms with E-state index >= 15 is 0 Å². The number of nitrogens with one attached hydrogen (secondary N) is 2. The summed E-state index contributed by atoms with van der Waals surface area (Å²) in [6, 6.07) is 12.3. The lowest BCUT2D eigenvalue weighted by Gasteiger charge is -1.98. The second-order valence-corrected chi connectivity index (χ2v) is 5.14. The molecule has 108 valence electrons. The lowest BCUT2D eigenvalue weighted by Crippen LogP contribution is -2.28. The average molecular weight is 299 g/mol. The highest BCUT2D eigenvalue weighted by Crippen LogP contribution is 2.24. The summed E-state index contributed by atoms with van der Waals surface area (Å²) in [4.78, 5) is 15.6. The number of hydrogen-bond donors (Lipinski definition) is 2. The Morgan fingerprint density at radius 2 is 1.86 bits per heavy atom. The first-order valence-electron chi connectivity index (χ1n) is 6.52. The Labute approximate surface area is 128 Å². The number of urea groups is 1. The maximum atomic E-state index is 9.96. The Morgan fingerprint density at radius 3 is 2.57 bits per heavy atom. The molecule has 0 fully saturated rings. The number of carbonyl (C=O) groups is 1. The number of fused-ring (bicyclic) bond motifs is 2. The van der Waals surface area contributed by atoms with Crippen LogP contribution in [0.25, 0.3) is 11.5 Å². The number of amides is 2.